The van der Waals surface area contributed by atoms with Crippen molar-refractivity contribution in [3.05, 3.63) is 68.5 Å². The standard InChI is InChI=1S/C21H27N3O3/c25-19(13-18-14-20(26)24-21(27)23-18)22-17(11-15-7-3-1-4-8-15)12-16-9-5-2-6-10-16/h1,3-4,7-8,14,16-17H,2,5-6,9-13H2,(H,22,25)(H2,23,24,26,27). The number of carbonyl (C=O) groups excluding carboxylic acids is 1. The van der Waals surface area contributed by atoms with Crippen LogP contribution >= 0.6 is 0 Å². The normalized spacial score (nSPS) is 16.0. The van der Waals surface area contributed by atoms with Gasteiger partial charge in [-0.25, -0.2) is 4.79 Å². The molecule has 1 aromatic carbocycles. The van der Waals surface area contributed by atoms with Crippen LogP contribution in [0, 0.1) is 5.92 Å². The lowest BCUT2D eigenvalue weighted by atomic mass is 9.83. The van der Waals surface area contributed by atoms with Crippen LogP contribution in [0.2, 0.25) is 0 Å². The van der Waals surface area contributed by atoms with E-state index in [-0.39, 0.29) is 18.4 Å². The molecule has 0 aliphatic heterocycles. The van der Waals surface area contributed by atoms with Gasteiger partial charge < -0.3 is 10.3 Å². The molecule has 1 aliphatic carbocycles. The topological polar surface area (TPSA) is 94.8 Å². The molecule has 1 atom stereocenters. The second-order valence-electron chi connectivity index (χ2n) is 7.48. The molecule has 3 rings (SSSR count). The Morgan fingerprint density at radius 3 is 2.52 bits per heavy atom. The SMILES string of the molecule is O=C(Cc1cc(=O)[nH]c(=O)[nH]1)NC(Cc1ccccc1)CC1CCCCC1. The summed E-state index contributed by atoms with van der Waals surface area (Å²) in [7, 11) is 0. The summed E-state index contributed by atoms with van der Waals surface area (Å²) in [6, 6.07) is 11.5. The molecule has 1 amide bonds. The average molecular weight is 369 g/mol. The molecule has 3 N–H and O–H groups in total. The van der Waals surface area contributed by atoms with Crippen molar-refractivity contribution in [3.63, 3.8) is 0 Å². The zero-order valence-corrected chi connectivity index (χ0v) is 15.5. The van der Waals surface area contributed by atoms with Gasteiger partial charge in [-0.15, -0.1) is 0 Å². The third-order valence-electron chi connectivity index (χ3n) is 5.20. The summed E-state index contributed by atoms with van der Waals surface area (Å²) in [5.74, 6) is 0.472. The second-order valence-corrected chi connectivity index (χ2v) is 7.48. The summed E-state index contributed by atoms with van der Waals surface area (Å²) in [5.41, 5.74) is 0.443. The summed E-state index contributed by atoms with van der Waals surface area (Å²) >= 11 is 0. The van der Waals surface area contributed by atoms with Crippen LogP contribution < -0.4 is 16.6 Å². The molecule has 1 unspecified atom stereocenters. The van der Waals surface area contributed by atoms with E-state index < -0.39 is 11.2 Å². The molecule has 1 aliphatic rings. The molecular formula is C21H27N3O3. The molecule has 1 heterocycles. The maximum Gasteiger partial charge on any atom is 0.325 e. The fourth-order valence-corrected chi connectivity index (χ4v) is 3.98. The van der Waals surface area contributed by atoms with Crippen molar-refractivity contribution < 1.29 is 4.79 Å². The number of aromatic nitrogens is 2. The predicted octanol–water partition coefficient (Wildman–Crippen LogP) is 2.30. The van der Waals surface area contributed by atoms with Gasteiger partial charge in [0.2, 0.25) is 5.91 Å². The van der Waals surface area contributed by atoms with E-state index >= 15 is 0 Å². The molecule has 0 radical (unpaired) electrons. The van der Waals surface area contributed by atoms with E-state index in [9.17, 15) is 14.4 Å². The largest absolute Gasteiger partial charge is 0.353 e. The van der Waals surface area contributed by atoms with Gasteiger partial charge in [0.1, 0.15) is 0 Å². The molecule has 144 valence electrons. The van der Waals surface area contributed by atoms with E-state index in [1.54, 1.807) is 0 Å². The van der Waals surface area contributed by atoms with Gasteiger partial charge in [-0.3, -0.25) is 14.6 Å². The first-order chi connectivity index (χ1) is 13.1. The van der Waals surface area contributed by atoms with E-state index in [1.807, 2.05) is 18.2 Å². The monoisotopic (exact) mass is 369 g/mol. The molecule has 1 aromatic heterocycles. The van der Waals surface area contributed by atoms with Crippen molar-refractivity contribution in [2.75, 3.05) is 0 Å². The highest BCUT2D eigenvalue weighted by Gasteiger charge is 2.21. The second kappa shape index (κ2) is 9.35. The molecule has 6 heteroatoms. The molecular weight excluding hydrogens is 342 g/mol. The lowest BCUT2D eigenvalue weighted by molar-refractivity contribution is -0.121. The zero-order valence-electron chi connectivity index (χ0n) is 15.5. The van der Waals surface area contributed by atoms with Crippen LogP contribution in [-0.2, 0) is 17.6 Å². The molecule has 0 saturated heterocycles. The summed E-state index contributed by atoms with van der Waals surface area (Å²) in [6.07, 6.45) is 8.04. The summed E-state index contributed by atoms with van der Waals surface area (Å²) in [6.45, 7) is 0. The summed E-state index contributed by atoms with van der Waals surface area (Å²) < 4.78 is 0. The number of rotatable bonds is 7. The van der Waals surface area contributed by atoms with Gasteiger partial charge in [-0.05, 0) is 24.3 Å². The smallest absolute Gasteiger partial charge is 0.325 e. The number of benzene rings is 1. The van der Waals surface area contributed by atoms with Crippen LogP contribution in [0.1, 0.15) is 49.8 Å². The highest BCUT2D eigenvalue weighted by atomic mass is 16.2. The number of hydrogen-bond donors (Lipinski definition) is 3. The van der Waals surface area contributed by atoms with Crippen molar-refractivity contribution >= 4 is 5.91 Å². The van der Waals surface area contributed by atoms with Gasteiger partial charge in [-0.1, -0.05) is 62.4 Å². The minimum absolute atomic E-state index is 0.00484. The van der Waals surface area contributed by atoms with Crippen LogP contribution in [0.3, 0.4) is 0 Å². The van der Waals surface area contributed by atoms with Crippen molar-refractivity contribution in [1.82, 2.24) is 15.3 Å². The first-order valence-electron chi connectivity index (χ1n) is 9.74. The van der Waals surface area contributed by atoms with Crippen LogP contribution in [0.4, 0.5) is 0 Å². The Kier molecular flexibility index (Phi) is 6.63. The average Bonchev–Trinajstić information content (AvgIpc) is 2.62. The van der Waals surface area contributed by atoms with Crippen molar-refractivity contribution in [2.24, 2.45) is 5.92 Å². The van der Waals surface area contributed by atoms with E-state index in [0.29, 0.717) is 11.6 Å². The lowest BCUT2D eigenvalue weighted by Gasteiger charge is -2.27. The quantitative estimate of drug-likeness (QED) is 0.699. The third-order valence-corrected chi connectivity index (χ3v) is 5.20. The Morgan fingerprint density at radius 2 is 1.81 bits per heavy atom. The number of H-pyrrole nitrogens is 2. The number of nitrogens with one attached hydrogen (secondary N) is 3. The van der Waals surface area contributed by atoms with Crippen LogP contribution in [0.25, 0.3) is 0 Å². The minimum atomic E-state index is -0.589. The van der Waals surface area contributed by atoms with Crippen molar-refractivity contribution in [1.29, 1.82) is 0 Å². The maximum atomic E-state index is 12.5. The van der Waals surface area contributed by atoms with E-state index in [4.69, 9.17) is 0 Å². The zero-order chi connectivity index (χ0) is 19.1. The Balaban J connectivity index is 1.66. The number of hydrogen-bond acceptors (Lipinski definition) is 3. The molecule has 27 heavy (non-hydrogen) atoms. The molecule has 0 bridgehead atoms. The van der Waals surface area contributed by atoms with Crippen molar-refractivity contribution in [2.45, 2.75) is 57.4 Å². The Morgan fingerprint density at radius 1 is 1.07 bits per heavy atom. The van der Waals surface area contributed by atoms with Crippen molar-refractivity contribution in [3.8, 4) is 0 Å². The molecule has 1 fully saturated rings. The van der Waals surface area contributed by atoms with Gasteiger partial charge in [0.25, 0.3) is 5.56 Å². The Bertz CT molecular complexity index is 822. The fourth-order valence-electron chi connectivity index (χ4n) is 3.98. The van der Waals surface area contributed by atoms with Crippen LogP contribution in [0.15, 0.2) is 46.0 Å². The number of aromatic amines is 2. The van der Waals surface area contributed by atoms with Gasteiger partial charge >= 0.3 is 5.69 Å². The van der Waals surface area contributed by atoms with Crippen LogP contribution in [-0.4, -0.2) is 21.9 Å². The van der Waals surface area contributed by atoms with Gasteiger partial charge in [0, 0.05) is 17.8 Å². The highest BCUT2D eigenvalue weighted by Crippen LogP contribution is 2.28. The van der Waals surface area contributed by atoms with E-state index in [2.05, 4.69) is 27.4 Å². The van der Waals surface area contributed by atoms with Crippen LogP contribution in [0.5, 0.6) is 0 Å². The van der Waals surface area contributed by atoms with E-state index in [0.717, 1.165) is 12.8 Å². The fraction of sp³-hybridized carbons (Fsp3) is 0.476. The molecule has 2 aromatic rings. The van der Waals surface area contributed by atoms with E-state index in [1.165, 1.54) is 43.7 Å². The maximum absolute atomic E-state index is 12.5. The number of amides is 1. The van der Waals surface area contributed by atoms with Gasteiger partial charge in [0.05, 0.1) is 6.42 Å². The Labute approximate surface area is 158 Å². The van der Waals surface area contributed by atoms with Gasteiger partial charge in [-0.2, -0.15) is 0 Å². The molecule has 1 saturated carbocycles. The lowest BCUT2D eigenvalue weighted by Crippen LogP contribution is -2.39. The predicted molar refractivity (Wildman–Crippen MR) is 105 cm³/mol. The first kappa shape index (κ1) is 19.1. The molecule has 0 spiro atoms. The number of carbonyl (C=O) groups is 1. The minimum Gasteiger partial charge on any atom is -0.353 e. The first-order valence-corrected chi connectivity index (χ1v) is 9.74. The molecule has 6 nitrogen and oxygen atoms in total. The highest BCUT2D eigenvalue weighted by molar-refractivity contribution is 5.78. The van der Waals surface area contributed by atoms with Gasteiger partial charge in [0.15, 0.2) is 0 Å². The third kappa shape index (κ3) is 6.24. The summed E-state index contributed by atoms with van der Waals surface area (Å²) in [4.78, 5) is 39.9. The summed E-state index contributed by atoms with van der Waals surface area (Å²) in [5, 5.41) is 3.13. The Hall–Kier alpha value is -2.63.